The van der Waals surface area contributed by atoms with Gasteiger partial charge in [0.1, 0.15) is 0 Å². The van der Waals surface area contributed by atoms with Crippen molar-refractivity contribution >= 4 is 25.7 Å². The molecule has 1 N–H and O–H groups in total. The van der Waals surface area contributed by atoms with Crippen LogP contribution in [0.1, 0.15) is 25.3 Å². The standard InChI is InChI=1S/C13H22N2O4S2/c1-11(2)12-5-7-13(8-6-12)15(21(4,18)19)10-9-14-20(3,16)17/h5-8,11,14H,9-10H2,1-4H3. The van der Waals surface area contributed by atoms with Gasteiger partial charge in [-0.3, -0.25) is 4.31 Å². The van der Waals surface area contributed by atoms with Gasteiger partial charge >= 0.3 is 0 Å². The first-order valence-corrected chi connectivity index (χ1v) is 10.3. The van der Waals surface area contributed by atoms with Gasteiger partial charge in [-0.1, -0.05) is 26.0 Å². The van der Waals surface area contributed by atoms with Gasteiger partial charge < -0.3 is 0 Å². The van der Waals surface area contributed by atoms with Gasteiger partial charge in [-0.15, -0.1) is 0 Å². The number of anilines is 1. The van der Waals surface area contributed by atoms with Gasteiger partial charge in [-0.2, -0.15) is 0 Å². The number of sulfonamides is 2. The molecule has 0 aliphatic carbocycles. The number of nitrogens with zero attached hydrogens (tertiary/aromatic N) is 1. The molecule has 8 heteroatoms. The maximum atomic E-state index is 11.9. The second-order valence-corrected chi connectivity index (χ2v) is 8.99. The van der Waals surface area contributed by atoms with E-state index >= 15 is 0 Å². The minimum Gasteiger partial charge on any atom is -0.269 e. The molecule has 1 rings (SSSR count). The average molecular weight is 334 g/mol. The van der Waals surface area contributed by atoms with Crippen molar-refractivity contribution in [2.24, 2.45) is 0 Å². The molecule has 1 aromatic rings. The molecular weight excluding hydrogens is 312 g/mol. The van der Waals surface area contributed by atoms with Gasteiger partial charge in [0.05, 0.1) is 18.2 Å². The van der Waals surface area contributed by atoms with Gasteiger partial charge in [0.15, 0.2) is 0 Å². The van der Waals surface area contributed by atoms with Crippen LogP contribution in [0.15, 0.2) is 24.3 Å². The molecule has 21 heavy (non-hydrogen) atoms. The van der Waals surface area contributed by atoms with Gasteiger partial charge in [0.2, 0.25) is 20.0 Å². The fourth-order valence-electron chi connectivity index (χ4n) is 1.84. The summed E-state index contributed by atoms with van der Waals surface area (Å²) in [7, 11) is -6.81. The van der Waals surface area contributed by atoms with Crippen molar-refractivity contribution in [3.63, 3.8) is 0 Å². The Balaban J connectivity index is 2.93. The molecule has 0 bridgehead atoms. The van der Waals surface area contributed by atoms with Crippen LogP contribution in [0.4, 0.5) is 5.69 Å². The molecule has 0 saturated carbocycles. The SMILES string of the molecule is CC(C)c1ccc(N(CCNS(C)(=O)=O)S(C)(=O)=O)cc1. The molecule has 0 radical (unpaired) electrons. The van der Waals surface area contributed by atoms with E-state index in [4.69, 9.17) is 0 Å². The summed E-state index contributed by atoms with van der Waals surface area (Å²) in [4.78, 5) is 0. The van der Waals surface area contributed by atoms with Gasteiger partial charge in [0.25, 0.3) is 0 Å². The Bertz CT molecular complexity index is 665. The largest absolute Gasteiger partial charge is 0.269 e. The minimum atomic E-state index is -3.47. The molecule has 0 aliphatic heterocycles. The van der Waals surface area contributed by atoms with Crippen LogP contribution in [0.2, 0.25) is 0 Å². The molecule has 0 atom stereocenters. The van der Waals surface area contributed by atoms with Crippen LogP contribution in [0.5, 0.6) is 0 Å². The highest BCUT2D eigenvalue weighted by Crippen LogP contribution is 2.21. The zero-order valence-electron chi connectivity index (χ0n) is 12.7. The third-order valence-electron chi connectivity index (χ3n) is 2.93. The number of benzene rings is 1. The Hall–Kier alpha value is -1.12. The van der Waals surface area contributed by atoms with Crippen LogP contribution in [-0.4, -0.2) is 42.4 Å². The molecule has 1 aromatic carbocycles. The summed E-state index contributed by atoms with van der Waals surface area (Å²) in [5, 5.41) is 0. The fraction of sp³-hybridized carbons (Fsp3) is 0.538. The smallest absolute Gasteiger partial charge is 0.232 e. The average Bonchev–Trinajstić information content (AvgIpc) is 2.32. The molecule has 120 valence electrons. The molecule has 0 fully saturated rings. The van der Waals surface area contributed by atoms with Crippen LogP contribution in [0, 0.1) is 0 Å². The van der Waals surface area contributed by atoms with E-state index in [0.717, 1.165) is 18.1 Å². The lowest BCUT2D eigenvalue weighted by molar-refractivity contribution is 0.583. The zero-order valence-corrected chi connectivity index (χ0v) is 14.3. The lowest BCUT2D eigenvalue weighted by Gasteiger charge is -2.23. The maximum absolute atomic E-state index is 11.9. The third kappa shape index (κ3) is 6.03. The normalized spacial score (nSPS) is 12.6. The van der Waals surface area contributed by atoms with Crippen molar-refractivity contribution in [1.82, 2.24) is 4.72 Å². The first kappa shape index (κ1) is 17.9. The molecule has 0 aliphatic rings. The quantitative estimate of drug-likeness (QED) is 0.810. The summed E-state index contributed by atoms with van der Waals surface area (Å²) in [6.07, 6.45) is 2.14. The molecule has 0 spiro atoms. The van der Waals surface area contributed by atoms with Crippen molar-refractivity contribution in [3.05, 3.63) is 29.8 Å². The molecule has 0 amide bonds. The first-order valence-electron chi connectivity index (χ1n) is 6.53. The third-order valence-corrected chi connectivity index (χ3v) is 4.85. The summed E-state index contributed by atoms with van der Waals surface area (Å²) in [5.74, 6) is 0.359. The molecule has 0 saturated heterocycles. The summed E-state index contributed by atoms with van der Waals surface area (Å²) >= 11 is 0. The Morgan fingerprint density at radius 2 is 1.57 bits per heavy atom. The van der Waals surface area contributed by atoms with E-state index < -0.39 is 20.0 Å². The van der Waals surface area contributed by atoms with Crippen LogP contribution < -0.4 is 9.03 Å². The van der Waals surface area contributed by atoms with Crippen molar-refractivity contribution < 1.29 is 16.8 Å². The topological polar surface area (TPSA) is 83.6 Å². The van der Waals surface area contributed by atoms with Crippen molar-refractivity contribution in [1.29, 1.82) is 0 Å². The predicted molar refractivity (Wildman–Crippen MR) is 85.6 cm³/mol. The molecule has 6 nitrogen and oxygen atoms in total. The van der Waals surface area contributed by atoms with E-state index in [1.807, 2.05) is 12.1 Å². The van der Waals surface area contributed by atoms with Crippen LogP contribution in [-0.2, 0) is 20.0 Å². The molecule has 0 unspecified atom stereocenters. The molecule has 0 aromatic heterocycles. The van der Waals surface area contributed by atoms with E-state index in [1.54, 1.807) is 12.1 Å². The Morgan fingerprint density at radius 1 is 1.05 bits per heavy atom. The summed E-state index contributed by atoms with van der Waals surface area (Å²) < 4.78 is 49.3. The molecule has 0 heterocycles. The van der Waals surface area contributed by atoms with E-state index in [9.17, 15) is 16.8 Å². The van der Waals surface area contributed by atoms with E-state index in [-0.39, 0.29) is 13.1 Å². The lowest BCUT2D eigenvalue weighted by atomic mass is 10.0. The Morgan fingerprint density at radius 3 is 1.95 bits per heavy atom. The number of rotatable bonds is 7. The van der Waals surface area contributed by atoms with E-state index in [2.05, 4.69) is 18.6 Å². The van der Waals surface area contributed by atoms with Crippen LogP contribution in [0.3, 0.4) is 0 Å². The van der Waals surface area contributed by atoms with Crippen LogP contribution in [0.25, 0.3) is 0 Å². The van der Waals surface area contributed by atoms with E-state index in [1.165, 1.54) is 4.31 Å². The Labute approximate surface area is 127 Å². The highest BCUT2D eigenvalue weighted by molar-refractivity contribution is 7.92. The van der Waals surface area contributed by atoms with E-state index in [0.29, 0.717) is 11.6 Å². The minimum absolute atomic E-state index is 0.0256. The van der Waals surface area contributed by atoms with Crippen molar-refractivity contribution in [2.75, 3.05) is 29.9 Å². The van der Waals surface area contributed by atoms with Crippen LogP contribution >= 0.6 is 0 Å². The van der Waals surface area contributed by atoms with Gasteiger partial charge in [-0.25, -0.2) is 21.6 Å². The number of hydrogen-bond acceptors (Lipinski definition) is 4. The maximum Gasteiger partial charge on any atom is 0.232 e. The van der Waals surface area contributed by atoms with Crippen molar-refractivity contribution in [3.8, 4) is 0 Å². The van der Waals surface area contributed by atoms with Gasteiger partial charge in [0, 0.05) is 13.1 Å². The second-order valence-electron chi connectivity index (χ2n) is 5.25. The fourth-order valence-corrected chi connectivity index (χ4v) is 3.23. The predicted octanol–water partition coefficient (Wildman–Crippen LogP) is 1.13. The summed E-state index contributed by atoms with van der Waals surface area (Å²) in [6.45, 7) is 4.18. The monoisotopic (exact) mass is 334 g/mol. The summed E-state index contributed by atoms with van der Waals surface area (Å²) in [6, 6.07) is 7.22. The number of hydrogen-bond donors (Lipinski definition) is 1. The second kappa shape index (κ2) is 6.76. The molecular formula is C13H22N2O4S2. The Kier molecular flexibility index (Phi) is 5.77. The lowest BCUT2D eigenvalue weighted by Crippen LogP contribution is -2.37. The zero-order chi connectivity index (χ0) is 16.3. The summed E-state index contributed by atoms with van der Waals surface area (Å²) in [5.41, 5.74) is 1.64. The number of nitrogens with one attached hydrogen (secondary N) is 1. The van der Waals surface area contributed by atoms with Gasteiger partial charge in [-0.05, 0) is 23.6 Å². The highest BCUT2D eigenvalue weighted by atomic mass is 32.2. The van der Waals surface area contributed by atoms with Crippen molar-refractivity contribution in [2.45, 2.75) is 19.8 Å². The first-order chi connectivity index (χ1) is 9.50. The highest BCUT2D eigenvalue weighted by Gasteiger charge is 2.17.